The summed E-state index contributed by atoms with van der Waals surface area (Å²) in [5.41, 5.74) is 1.59. The van der Waals surface area contributed by atoms with E-state index in [9.17, 15) is 4.39 Å². The maximum Gasteiger partial charge on any atom is 0.145 e. The fourth-order valence-electron chi connectivity index (χ4n) is 1.97. The van der Waals surface area contributed by atoms with Gasteiger partial charge in [-0.3, -0.25) is 0 Å². The van der Waals surface area contributed by atoms with E-state index in [2.05, 4.69) is 15.9 Å². The Labute approximate surface area is 140 Å². The van der Waals surface area contributed by atoms with Crippen LogP contribution in [0.4, 0.5) is 4.39 Å². The first kappa shape index (κ1) is 16.4. The monoisotopic (exact) mass is 392 g/mol. The Bertz CT molecular complexity index is 664. The lowest BCUT2D eigenvalue weighted by atomic mass is 10.0. The van der Waals surface area contributed by atoms with Crippen molar-refractivity contribution in [2.45, 2.75) is 4.83 Å². The van der Waals surface area contributed by atoms with E-state index >= 15 is 0 Å². The molecule has 0 aliphatic rings. The van der Waals surface area contributed by atoms with Crippen LogP contribution in [-0.4, -0.2) is 14.2 Å². The average molecular weight is 394 g/mol. The molecule has 0 aromatic heterocycles. The highest BCUT2D eigenvalue weighted by atomic mass is 79.9. The molecule has 0 spiro atoms. The van der Waals surface area contributed by atoms with E-state index in [0.29, 0.717) is 16.5 Å². The van der Waals surface area contributed by atoms with Gasteiger partial charge in [0, 0.05) is 5.56 Å². The minimum atomic E-state index is -0.458. The van der Waals surface area contributed by atoms with Crippen LogP contribution in [0.2, 0.25) is 10.0 Å². The Hall–Kier alpha value is -0.970. The van der Waals surface area contributed by atoms with Crippen LogP contribution in [0.15, 0.2) is 30.3 Å². The predicted molar refractivity (Wildman–Crippen MR) is 86.7 cm³/mol. The molecule has 0 saturated carbocycles. The first-order valence-corrected chi connectivity index (χ1v) is 7.66. The summed E-state index contributed by atoms with van der Waals surface area (Å²) >= 11 is 15.6. The van der Waals surface area contributed by atoms with E-state index in [0.717, 1.165) is 11.1 Å². The van der Waals surface area contributed by atoms with Crippen molar-refractivity contribution in [3.05, 3.63) is 57.3 Å². The van der Waals surface area contributed by atoms with E-state index in [1.165, 1.54) is 20.3 Å². The molecule has 0 heterocycles. The lowest BCUT2D eigenvalue weighted by Crippen LogP contribution is -1.99. The van der Waals surface area contributed by atoms with Crippen LogP contribution in [-0.2, 0) is 0 Å². The molecule has 0 bridgehead atoms. The number of rotatable bonds is 4. The lowest BCUT2D eigenvalue weighted by molar-refractivity contribution is 0.392. The maximum absolute atomic E-state index is 13.3. The van der Waals surface area contributed by atoms with Crippen molar-refractivity contribution in [3.63, 3.8) is 0 Å². The molecule has 0 aliphatic carbocycles. The SMILES string of the molecule is COc1ccc(C(Br)c2ccc(F)c(Cl)c2)c(OC)c1Cl. The van der Waals surface area contributed by atoms with E-state index < -0.39 is 5.82 Å². The second kappa shape index (κ2) is 6.86. The summed E-state index contributed by atoms with van der Waals surface area (Å²) in [6.07, 6.45) is 0. The molecule has 6 heteroatoms. The zero-order chi connectivity index (χ0) is 15.6. The first-order valence-electron chi connectivity index (χ1n) is 5.99. The summed E-state index contributed by atoms with van der Waals surface area (Å²) in [4.78, 5) is -0.242. The van der Waals surface area contributed by atoms with Gasteiger partial charge in [-0.15, -0.1) is 0 Å². The standard InChI is InChI=1S/C15H12BrCl2FO2/c1-20-12-6-4-9(15(21-2)14(12)18)13(16)8-3-5-11(19)10(17)7-8/h3-7,13H,1-2H3. The quantitative estimate of drug-likeness (QED) is 0.626. The second-order valence-electron chi connectivity index (χ2n) is 4.24. The molecule has 2 aromatic rings. The predicted octanol–water partition coefficient (Wildman–Crippen LogP) is 5.63. The zero-order valence-corrected chi connectivity index (χ0v) is 14.4. The molecule has 0 radical (unpaired) electrons. The number of alkyl halides is 1. The summed E-state index contributed by atoms with van der Waals surface area (Å²) in [6.45, 7) is 0. The molecule has 0 aliphatic heterocycles. The third-order valence-corrected chi connectivity index (χ3v) is 4.70. The molecule has 2 aromatic carbocycles. The minimum Gasteiger partial charge on any atom is -0.495 e. The van der Waals surface area contributed by atoms with E-state index in [1.54, 1.807) is 18.2 Å². The van der Waals surface area contributed by atoms with Crippen LogP contribution in [0.5, 0.6) is 11.5 Å². The van der Waals surface area contributed by atoms with Gasteiger partial charge in [-0.25, -0.2) is 4.39 Å². The number of hydrogen-bond acceptors (Lipinski definition) is 2. The zero-order valence-electron chi connectivity index (χ0n) is 11.3. The van der Waals surface area contributed by atoms with Gasteiger partial charge in [-0.2, -0.15) is 0 Å². The average Bonchev–Trinajstić information content (AvgIpc) is 2.49. The molecule has 0 fully saturated rings. The van der Waals surface area contributed by atoms with Gasteiger partial charge in [-0.05, 0) is 23.8 Å². The van der Waals surface area contributed by atoms with Crippen LogP contribution < -0.4 is 9.47 Å². The van der Waals surface area contributed by atoms with E-state index in [1.807, 2.05) is 6.07 Å². The van der Waals surface area contributed by atoms with Gasteiger partial charge in [0.1, 0.15) is 22.3 Å². The highest BCUT2D eigenvalue weighted by molar-refractivity contribution is 9.09. The topological polar surface area (TPSA) is 18.5 Å². The molecule has 0 N–H and O–H groups in total. The van der Waals surface area contributed by atoms with Gasteiger partial charge in [0.15, 0.2) is 0 Å². The summed E-state index contributed by atoms with van der Waals surface area (Å²) in [7, 11) is 3.06. The van der Waals surface area contributed by atoms with E-state index in [4.69, 9.17) is 32.7 Å². The van der Waals surface area contributed by atoms with E-state index in [-0.39, 0.29) is 9.85 Å². The van der Waals surface area contributed by atoms with Crippen molar-refractivity contribution in [1.29, 1.82) is 0 Å². The van der Waals surface area contributed by atoms with Crippen molar-refractivity contribution in [2.24, 2.45) is 0 Å². The van der Waals surface area contributed by atoms with Crippen molar-refractivity contribution in [3.8, 4) is 11.5 Å². The number of benzene rings is 2. The fraction of sp³-hybridized carbons (Fsp3) is 0.200. The maximum atomic E-state index is 13.3. The second-order valence-corrected chi connectivity index (χ2v) is 5.94. The smallest absolute Gasteiger partial charge is 0.145 e. The third kappa shape index (κ3) is 3.28. The largest absolute Gasteiger partial charge is 0.495 e. The lowest BCUT2D eigenvalue weighted by Gasteiger charge is -2.17. The van der Waals surface area contributed by atoms with Crippen LogP contribution in [0.3, 0.4) is 0 Å². The van der Waals surface area contributed by atoms with Crippen LogP contribution in [0, 0.1) is 5.82 Å². The number of ether oxygens (including phenoxy) is 2. The molecule has 1 atom stereocenters. The van der Waals surface area contributed by atoms with Crippen molar-refractivity contribution in [2.75, 3.05) is 14.2 Å². The van der Waals surface area contributed by atoms with Gasteiger partial charge in [-0.1, -0.05) is 51.3 Å². The van der Waals surface area contributed by atoms with Crippen LogP contribution in [0.25, 0.3) is 0 Å². The van der Waals surface area contributed by atoms with Crippen molar-refractivity contribution >= 4 is 39.1 Å². The Morgan fingerprint density at radius 1 is 1.10 bits per heavy atom. The molecular weight excluding hydrogens is 382 g/mol. The molecule has 1 unspecified atom stereocenters. The van der Waals surface area contributed by atoms with Crippen LogP contribution in [0.1, 0.15) is 16.0 Å². The summed E-state index contributed by atoms with van der Waals surface area (Å²) in [5, 5.41) is 0.450. The van der Waals surface area contributed by atoms with Gasteiger partial charge in [0.25, 0.3) is 0 Å². The summed E-state index contributed by atoms with van der Waals surface area (Å²) < 4.78 is 23.8. The molecule has 0 saturated heterocycles. The highest BCUT2D eigenvalue weighted by Crippen LogP contribution is 2.44. The first-order chi connectivity index (χ1) is 9.99. The summed E-state index contributed by atoms with van der Waals surface area (Å²) in [6, 6.07) is 8.12. The Kier molecular flexibility index (Phi) is 5.36. The third-order valence-electron chi connectivity index (χ3n) is 3.03. The Balaban J connectivity index is 2.50. The molecular formula is C15H12BrCl2FO2. The number of halogens is 4. The minimum absolute atomic E-state index is 0.0653. The Morgan fingerprint density at radius 3 is 2.38 bits per heavy atom. The molecule has 0 amide bonds. The Morgan fingerprint density at radius 2 is 1.81 bits per heavy atom. The molecule has 2 rings (SSSR count). The van der Waals surface area contributed by atoms with Gasteiger partial charge in [0.2, 0.25) is 0 Å². The van der Waals surface area contributed by atoms with Gasteiger partial charge >= 0.3 is 0 Å². The molecule has 2 nitrogen and oxygen atoms in total. The number of hydrogen-bond donors (Lipinski definition) is 0. The molecule has 112 valence electrons. The normalized spacial score (nSPS) is 12.1. The van der Waals surface area contributed by atoms with Crippen LogP contribution >= 0.6 is 39.1 Å². The van der Waals surface area contributed by atoms with Gasteiger partial charge < -0.3 is 9.47 Å². The van der Waals surface area contributed by atoms with Crippen molar-refractivity contribution < 1.29 is 13.9 Å². The molecule has 21 heavy (non-hydrogen) atoms. The summed E-state index contributed by atoms with van der Waals surface area (Å²) in [5.74, 6) is 0.562. The fourth-order valence-corrected chi connectivity index (χ4v) is 3.13. The van der Waals surface area contributed by atoms with Crippen molar-refractivity contribution in [1.82, 2.24) is 0 Å². The highest BCUT2D eigenvalue weighted by Gasteiger charge is 2.20. The number of methoxy groups -OCH3 is 2. The van der Waals surface area contributed by atoms with Gasteiger partial charge in [0.05, 0.1) is 24.1 Å².